The number of allylic oxidation sites excluding steroid dienone is 1. The van der Waals surface area contributed by atoms with E-state index in [-0.39, 0.29) is 11.9 Å². The molecule has 0 spiro atoms. The summed E-state index contributed by atoms with van der Waals surface area (Å²) in [7, 11) is 0. The van der Waals surface area contributed by atoms with Crippen molar-refractivity contribution in [2.24, 2.45) is 4.99 Å². The zero-order valence-electron chi connectivity index (χ0n) is 16.2. The van der Waals surface area contributed by atoms with Crippen molar-refractivity contribution < 1.29 is 14.3 Å². The number of benzene rings is 2. The van der Waals surface area contributed by atoms with E-state index >= 15 is 0 Å². The van der Waals surface area contributed by atoms with Crippen molar-refractivity contribution in [1.82, 2.24) is 4.57 Å². The summed E-state index contributed by atoms with van der Waals surface area (Å²) in [6.45, 7) is 6.43. The number of hydrogen-bond acceptors (Lipinski definition) is 5. The third kappa shape index (κ3) is 5.46. The molecule has 0 atom stereocenters. The van der Waals surface area contributed by atoms with Crippen LogP contribution in [0.1, 0.15) is 22.8 Å². The molecule has 5 nitrogen and oxygen atoms in total. The number of aromatic nitrogens is 1. The van der Waals surface area contributed by atoms with E-state index in [1.807, 2.05) is 41.0 Å². The number of fused-ring (bicyclic) bond motifs is 1. The Bertz CT molecular complexity index is 1080. The Morgan fingerprint density at radius 1 is 1.24 bits per heavy atom. The lowest BCUT2D eigenvalue weighted by Gasteiger charge is -2.03. The number of hydrogen-bond donors (Lipinski definition) is 0. The number of carbonyl (C=O) groups excluding carboxylic acids is 2. The second-order valence-corrected chi connectivity index (χ2v) is 8.17. The van der Waals surface area contributed by atoms with E-state index in [4.69, 9.17) is 4.74 Å². The smallest absolute Gasteiger partial charge is 0.338 e. The van der Waals surface area contributed by atoms with Crippen molar-refractivity contribution >= 4 is 45.2 Å². The average Bonchev–Trinajstić information content (AvgIpc) is 3.05. The monoisotopic (exact) mass is 426 g/mol. The van der Waals surface area contributed by atoms with E-state index in [0.29, 0.717) is 29.3 Å². The zero-order valence-corrected chi connectivity index (χ0v) is 17.8. The summed E-state index contributed by atoms with van der Waals surface area (Å²) in [4.78, 5) is 29.3. The minimum atomic E-state index is -0.357. The van der Waals surface area contributed by atoms with Crippen LogP contribution >= 0.6 is 23.1 Å². The quantitative estimate of drug-likeness (QED) is 0.395. The molecule has 29 heavy (non-hydrogen) atoms. The van der Waals surface area contributed by atoms with Gasteiger partial charge in [-0.1, -0.05) is 47.7 Å². The minimum absolute atomic E-state index is 0.180. The molecular weight excluding hydrogens is 404 g/mol. The lowest BCUT2D eigenvalue weighted by Crippen LogP contribution is -2.16. The molecule has 7 heteroatoms. The second-order valence-electron chi connectivity index (χ2n) is 6.17. The standard InChI is InChI=1S/C22H22N2O3S2/c1-3-12-24-18-11-10-17(21(26)27-4-2)13-19(18)29-22(24)23-20(25)15-28-14-16-8-6-5-7-9-16/h3,5-11,13H,1,4,12,14-15H2,2H3. The Hall–Kier alpha value is -2.64. The lowest BCUT2D eigenvalue weighted by molar-refractivity contribution is -0.115. The van der Waals surface area contributed by atoms with E-state index in [9.17, 15) is 9.59 Å². The van der Waals surface area contributed by atoms with Crippen LogP contribution in [0.15, 0.2) is 66.2 Å². The van der Waals surface area contributed by atoms with Gasteiger partial charge in [0.05, 0.1) is 28.1 Å². The SMILES string of the molecule is C=CCn1c(=NC(=O)CSCc2ccccc2)sc2cc(C(=O)OCC)ccc21. The number of thioether (sulfide) groups is 1. The topological polar surface area (TPSA) is 60.7 Å². The minimum Gasteiger partial charge on any atom is -0.462 e. The molecule has 0 saturated heterocycles. The predicted molar refractivity (Wildman–Crippen MR) is 119 cm³/mol. The zero-order chi connectivity index (χ0) is 20.6. The molecule has 150 valence electrons. The van der Waals surface area contributed by atoms with Gasteiger partial charge in [0.25, 0.3) is 5.91 Å². The van der Waals surface area contributed by atoms with Crippen LogP contribution in [0.2, 0.25) is 0 Å². The highest BCUT2D eigenvalue weighted by Crippen LogP contribution is 2.20. The number of thiazole rings is 1. The molecule has 3 rings (SSSR count). The second kappa shape index (κ2) is 10.2. The molecule has 1 amide bonds. The van der Waals surface area contributed by atoms with Gasteiger partial charge in [-0.3, -0.25) is 4.79 Å². The molecule has 1 aromatic heterocycles. The first-order chi connectivity index (χ1) is 14.1. The van der Waals surface area contributed by atoms with Crippen LogP contribution in [0, 0.1) is 0 Å². The molecule has 0 aliphatic rings. The first kappa shape index (κ1) is 21.1. The Morgan fingerprint density at radius 3 is 2.76 bits per heavy atom. The fraction of sp³-hybridized carbons (Fsp3) is 0.227. The van der Waals surface area contributed by atoms with Gasteiger partial charge >= 0.3 is 5.97 Å². The maximum atomic E-state index is 12.4. The van der Waals surface area contributed by atoms with Gasteiger partial charge in [-0.15, -0.1) is 18.3 Å². The summed E-state index contributed by atoms with van der Waals surface area (Å²) in [6.07, 6.45) is 1.76. The van der Waals surface area contributed by atoms with Gasteiger partial charge in [-0.2, -0.15) is 4.99 Å². The summed E-state index contributed by atoms with van der Waals surface area (Å²) in [5, 5.41) is 0. The van der Waals surface area contributed by atoms with Gasteiger partial charge in [0, 0.05) is 12.3 Å². The van der Waals surface area contributed by atoms with Crippen LogP contribution in [-0.4, -0.2) is 28.8 Å². The van der Waals surface area contributed by atoms with Crippen molar-refractivity contribution in [3.8, 4) is 0 Å². The third-order valence-electron chi connectivity index (χ3n) is 4.06. The third-order valence-corrected chi connectivity index (χ3v) is 6.09. The molecule has 0 aliphatic heterocycles. The summed E-state index contributed by atoms with van der Waals surface area (Å²) in [5.41, 5.74) is 2.58. The highest BCUT2D eigenvalue weighted by molar-refractivity contribution is 7.99. The van der Waals surface area contributed by atoms with Crippen molar-refractivity contribution in [2.45, 2.75) is 19.2 Å². The first-order valence-electron chi connectivity index (χ1n) is 9.23. The fourth-order valence-corrected chi connectivity index (χ4v) is 4.64. The van der Waals surface area contributed by atoms with Crippen molar-refractivity contribution in [2.75, 3.05) is 12.4 Å². The van der Waals surface area contributed by atoms with Gasteiger partial charge in [-0.25, -0.2) is 4.79 Å². The molecule has 0 aliphatic carbocycles. The van der Waals surface area contributed by atoms with Crippen LogP contribution in [0.3, 0.4) is 0 Å². The first-order valence-corrected chi connectivity index (χ1v) is 11.2. The summed E-state index contributed by atoms with van der Waals surface area (Å²) < 4.78 is 7.88. The highest BCUT2D eigenvalue weighted by atomic mass is 32.2. The molecular formula is C22H22N2O3S2. The molecule has 0 bridgehead atoms. The molecule has 2 aromatic carbocycles. The molecule has 0 fully saturated rings. The number of rotatable bonds is 8. The van der Waals surface area contributed by atoms with E-state index in [2.05, 4.69) is 11.6 Å². The van der Waals surface area contributed by atoms with E-state index in [1.54, 1.807) is 36.9 Å². The number of carbonyl (C=O) groups is 2. The molecule has 0 radical (unpaired) electrons. The Morgan fingerprint density at radius 2 is 2.03 bits per heavy atom. The van der Waals surface area contributed by atoms with Crippen LogP contribution in [0.25, 0.3) is 10.2 Å². The van der Waals surface area contributed by atoms with Crippen LogP contribution in [0.5, 0.6) is 0 Å². The number of esters is 1. The molecule has 3 aromatic rings. The van der Waals surface area contributed by atoms with Crippen LogP contribution < -0.4 is 4.80 Å². The normalized spacial score (nSPS) is 11.6. The summed E-state index contributed by atoms with van der Waals surface area (Å²) >= 11 is 2.92. The molecule has 0 saturated carbocycles. The summed E-state index contributed by atoms with van der Waals surface area (Å²) in [5.74, 6) is 0.543. The van der Waals surface area contributed by atoms with Gasteiger partial charge < -0.3 is 9.30 Å². The molecule has 0 unspecified atom stereocenters. The predicted octanol–water partition coefficient (Wildman–Crippen LogP) is 4.43. The average molecular weight is 427 g/mol. The van der Waals surface area contributed by atoms with Crippen molar-refractivity contribution in [3.63, 3.8) is 0 Å². The van der Waals surface area contributed by atoms with E-state index < -0.39 is 0 Å². The van der Waals surface area contributed by atoms with E-state index in [1.165, 1.54) is 16.9 Å². The van der Waals surface area contributed by atoms with Gasteiger partial charge in [-0.05, 0) is 30.7 Å². The Kier molecular flexibility index (Phi) is 7.43. The lowest BCUT2D eigenvalue weighted by atomic mass is 10.2. The van der Waals surface area contributed by atoms with Gasteiger partial charge in [0.1, 0.15) is 0 Å². The fourth-order valence-electron chi connectivity index (χ4n) is 2.77. The van der Waals surface area contributed by atoms with Crippen molar-refractivity contribution in [1.29, 1.82) is 0 Å². The van der Waals surface area contributed by atoms with Gasteiger partial charge in [0.15, 0.2) is 4.80 Å². The number of ether oxygens (including phenoxy) is 1. The van der Waals surface area contributed by atoms with Crippen molar-refractivity contribution in [3.05, 3.63) is 77.1 Å². The number of amides is 1. The van der Waals surface area contributed by atoms with Crippen LogP contribution in [0.4, 0.5) is 0 Å². The maximum absolute atomic E-state index is 12.4. The number of nitrogens with zero attached hydrogens (tertiary/aromatic N) is 2. The Labute approximate surface area is 177 Å². The molecule has 1 heterocycles. The van der Waals surface area contributed by atoms with Crippen LogP contribution in [-0.2, 0) is 21.8 Å². The Balaban J connectivity index is 1.82. The highest BCUT2D eigenvalue weighted by Gasteiger charge is 2.12. The molecule has 0 N–H and O–H groups in total. The van der Waals surface area contributed by atoms with E-state index in [0.717, 1.165) is 16.0 Å². The maximum Gasteiger partial charge on any atom is 0.338 e. The summed E-state index contributed by atoms with van der Waals surface area (Å²) in [6, 6.07) is 15.4. The largest absolute Gasteiger partial charge is 0.462 e. The van der Waals surface area contributed by atoms with Gasteiger partial charge in [0.2, 0.25) is 0 Å².